The van der Waals surface area contributed by atoms with Gasteiger partial charge in [0, 0.05) is 33.3 Å². The van der Waals surface area contributed by atoms with Gasteiger partial charge in [0.05, 0.1) is 5.69 Å². The van der Waals surface area contributed by atoms with Crippen molar-refractivity contribution >= 4 is 68.2 Å². The van der Waals surface area contributed by atoms with Gasteiger partial charge in [0.15, 0.2) is 0 Å². The predicted octanol–water partition coefficient (Wildman–Crippen LogP) is 10.7. The minimum absolute atomic E-state index is 0.950. The van der Waals surface area contributed by atoms with Gasteiger partial charge in [-0.3, -0.25) is 0 Å². The predicted molar refractivity (Wildman–Crippen MR) is 194 cm³/mol. The van der Waals surface area contributed by atoms with Crippen molar-refractivity contribution in [2.24, 2.45) is 0 Å². The second-order valence-corrected chi connectivity index (χ2v) is 16.9. The Hall–Kier alpha value is -5.38. The van der Waals surface area contributed by atoms with Crippen molar-refractivity contribution in [1.29, 1.82) is 0 Å². The lowest BCUT2D eigenvalue weighted by atomic mass is 9.96. The normalized spacial score (nSPS) is 13.3. The molecule has 0 atom stereocenters. The molecule has 0 saturated carbocycles. The van der Waals surface area contributed by atoms with E-state index in [4.69, 9.17) is 4.42 Å². The zero-order chi connectivity index (χ0) is 30.1. The van der Waals surface area contributed by atoms with Crippen molar-refractivity contribution in [3.8, 4) is 22.3 Å². The van der Waals surface area contributed by atoms with Crippen LogP contribution < -0.4 is 15.3 Å². The Morgan fingerprint density at radius 2 is 1.20 bits per heavy atom. The summed E-state index contributed by atoms with van der Waals surface area (Å²) in [5.74, 6) is 0. The first-order valence-electron chi connectivity index (χ1n) is 15.6. The molecular formula is C42H31NOSi. The number of rotatable bonds is 4. The second-order valence-electron chi connectivity index (χ2n) is 12.5. The maximum Gasteiger partial charge on any atom is 0.143 e. The van der Waals surface area contributed by atoms with Gasteiger partial charge in [-0.15, -0.1) is 0 Å². The molecule has 0 radical (unpaired) electrons. The quantitative estimate of drug-likeness (QED) is 0.189. The van der Waals surface area contributed by atoms with E-state index in [1.807, 2.05) is 0 Å². The van der Waals surface area contributed by atoms with Gasteiger partial charge in [-0.25, -0.2) is 0 Å². The van der Waals surface area contributed by atoms with Crippen molar-refractivity contribution in [1.82, 2.24) is 0 Å². The summed E-state index contributed by atoms with van der Waals surface area (Å²) in [7, 11) is -2.03. The number of para-hydroxylation sites is 3. The van der Waals surface area contributed by atoms with Crippen LogP contribution in [0.3, 0.4) is 0 Å². The van der Waals surface area contributed by atoms with E-state index in [2.05, 4.69) is 170 Å². The molecular weight excluding hydrogens is 563 g/mol. The average molecular weight is 594 g/mol. The molecule has 9 rings (SSSR count). The van der Waals surface area contributed by atoms with E-state index in [9.17, 15) is 0 Å². The standard InChI is InChI=1S/C42H31NOSi/c1-45(2)39-26-25-35-34-19-9-11-22-38(34)44-42(35)41(39)36-24-23-30(27-40(36)45)43(29-15-4-3-5-16-29)37-21-10-8-18-33(37)32-20-12-14-28-13-6-7-17-31(28)32/h3-27H,1-2H3. The third-order valence-electron chi connectivity index (χ3n) is 9.66. The topological polar surface area (TPSA) is 16.4 Å². The van der Waals surface area contributed by atoms with Crippen molar-refractivity contribution < 1.29 is 4.42 Å². The summed E-state index contributed by atoms with van der Waals surface area (Å²) in [5.41, 5.74) is 10.5. The summed E-state index contributed by atoms with van der Waals surface area (Å²) in [4.78, 5) is 2.43. The summed E-state index contributed by atoms with van der Waals surface area (Å²) >= 11 is 0. The lowest BCUT2D eigenvalue weighted by Gasteiger charge is -2.29. The van der Waals surface area contributed by atoms with Crippen LogP contribution in [0.5, 0.6) is 0 Å². The average Bonchev–Trinajstić information content (AvgIpc) is 3.57. The van der Waals surface area contributed by atoms with Crippen molar-refractivity contribution in [3.05, 3.63) is 152 Å². The number of hydrogen-bond acceptors (Lipinski definition) is 2. The number of benzene rings is 7. The van der Waals surface area contributed by atoms with E-state index >= 15 is 0 Å². The molecule has 1 aliphatic heterocycles. The van der Waals surface area contributed by atoms with Gasteiger partial charge in [-0.1, -0.05) is 128 Å². The molecule has 214 valence electrons. The largest absolute Gasteiger partial charge is 0.455 e. The van der Waals surface area contributed by atoms with Crippen LogP contribution in [-0.2, 0) is 0 Å². The van der Waals surface area contributed by atoms with E-state index in [0.29, 0.717) is 0 Å². The summed E-state index contributed by atoms with van der Waals surface area (Å²) in [6.07, 6.45) is 0. The monoisotopic (exact) mass is 593 g/mol. The number of nitrogens with zero attached hydrogens (tertiary/aromatic N) is 1. The molecule has 8 aromatic rings. The molecule has 0 N–H and O–H groups in total. The van der Waals surface area contributed by atoms with Crippen LogP contribution in [0.25, 0.3) is 55.0 Å². The Labute approximate surface area is 263 Å². The maximum absolute atomic E-state index is 6.57. The molecule has 2 heterocycles. The van der Waals surface area contributed by atoms with Gasteiger partial charge >= 0.3 is 0 Å². The van der Waals surface area contributed by atoms with E-state index in [0.717, 1.165) is 22.5 Å². The van der Waals surface area contributed by atoms with Gasteiger partial charge in [-0.2, -0.15) is 0 Å². The van der Waals surface area contributed by atoms with Crippen LogP contribution in [0, 0.1) is 0 Å². The van der Waals surface area contributed by atoms with Gasteiger partial charge in [0.25, 0.3) is 0 Å². The summed E-state index contributed by atoms with van der Waals surface area (Å²) in [5, 5.41) is 7.78. The number of anilines is 3. The van der Waals surface area contributed by atoms with E-state index in [1.165, 1.54) is 59.9 Å². The highest BCUT2D eigenvalue weighted by atomic mass is 28.3. The third-order valence-corrected chi connectivity index (χ3v) is 13.2. The van der Waals surface area contributed by atoms with Gasteiger partial charge in [0.1, 0.15) is 19.2 Å². The van der Waals surface area contributed by atoms with E-state index in [1.54, 1.807) is 0 Å². The van der Waals surface area contributed by atoms with Gasteiger partial charge < -0.3 is 9.32 Å². The highest BCUT2D eigenvalue weighted by Crippen LogP contribution is 2.44. The minimum Gasteiger partial charge on any atom is -0.455 e. The highest BCUT2D eigenvalue weighted by molar-refractivity contribution is 7.04. The lowest BCUT2D eigenvalue weighted by Crippen LogP contribution is -2.49. The molecule has 0 bridgehead atoms. The summed E-state index contributed by atoms with van der Waals surface area (Å²) < 4.78 is 6.57. The summed E-state index contributed by atoms with van der Waals surface area (Å²) in [6.45, 7) is 4.96. The third kappa shape index (κ3) is 3.87. The van der Waals surface area contributed by atoms with Crippen LogP contribution in [-0.4, -0.2) is 8.07 Å². The van der Waals surface area contributed by atoms with Gasteiger partial charge in [-0.05, 0) is 68.7 Å². The molecule has 0 saturated heterocycles. The Morgan fingerprint density at radius 3 is 2.09 bits per heavy atom. The molecule has 1 aromatic heterocycles. The molecule has 3 heteroatoms. The molecule has 1 aliphatic rings. The molecule has 2 nitrogen and oxygen atoms in total. The Bertz CT molecular complexity index is 2420. The van der Waals surface area contributed by atoms with E-state index in [-0.39, 0.29) is 0 Å². The molecule has 0 spiro atoms. The first kappa shape index (κ1) is 26.1. The van der Waals surface area contributed by atoms with Gasteiger partial charge in [0.2, 0.25) is 0 Å². The number of fused-ring (bicyclic) bond motifs is 8. The Balaban J connectivity index is 1.27. The fourth-order valence-electron chi connectivity index (χ4n) is 7.49. The Kier molecular flexibility index (Phi) is 5.68. The van der Waals surface area contributed by atoms with Crippen molar-refractivity contribution in [2.75, 3.05) is 4.90 Å². The summed E-state index contributed by atoms with van der Waals surface area (Å²) in [6, 6.07) is 55.0. The molecule has 0 unspecified atom stereocenters. The van der Waals surface area contributed by atoms with Crippen LogP contribution in [0.15, 0.2) is 156 Å². The van der Waals surface area contributed by atoms with Crippen LogP contribution in [0.4, 0.5) is 17.1 Å². The fourth-order valence-corrected chi connectivity index (χ4v) is 10.5. The van der Waals surface area contributed by atoms with E-state index < -0.39 is 8.07 Å². The first-order valence-corrected chi connectivity index (χ1v) is 18.6. The molecule has 0 amide bonds. The highest BCUT2D eigenvalue weighted by Gasteiger charge is 2.40. The fraction of sp³-hybridized carbons (Fsp3) is 0.0476. The molecule has 45 heavy (non-hydrogen) atoms. The van der Waals surface area contributed by atoms with Crippen LogP contribution >= 0.6 is 0 Å². The smallest absolute Gasteiger partial charge is 0.143 e. The first-order chi connectivity index (χ1) is 22.1. The maximum atomic E-state index is 6.57. The van der Waals surface area contributed by atoms with Crippen LogP contribution in [0.2, 0.25) is 13.1 Å². The molecule has 7 aromatic carbocycles. The number of hydrogen-bond donors (Lipinski definition) is 0. The Morgan fingerprint density at radius 1 is 0.489 bits per heavy atom. The van der Waals surface area contributed by atoms with Crippen LogP contribution in [0.1, 0.15) is 0 Å². The van der Waals surface area contributed by atoms with Crippen molar-refractivity contribution in [2.45, 2.75) is 13.1 Å². The molecule has 0 fully saturated rings. The molecule has 0 aliphatic carbocycles. The van der Waals surface area contributed by atoms with Crippen molar-refractivity contribution in [3.63, 3.8) is 0 Å². The minimum atomic E-state index is -2.03. The second kappa shape index (κ2) is 9.81. The zero-order valence-corrected chi connectivity index (χ0v) is 26.3. The lowest BCUT2D eigenvalue weighted by molar-refractivity contribution is 0.670. The SMILES string of the molecule is C[Si]1(C)c2cc(N(c3ccccc3)c3ccccc3-c3cccc4ccccc34)ccc2-c2c1ccc1c2oc2ccccc21. The zero-order valence-electron chi connectivity index (χ0n) is 25.3. The number of furan rings is 1.